The Kier molecular flexibility index (Phi) is 4.56. The maximum atomic E-state index is 10.9. The quantitative estimate of drug-likeness (QED) is 0.861. The van der Waals surface area contributed by atoms with E-state index in [4.69, 9.17) is 5.11 Å². The van der Waals surface area contributed by atoms with Gasteiger partial charge in [-0.05, 0) is 25.0 Å². The third kappa shape index (κ3) is 3.72. The summed E-state index contributed by atoms with van der Waals surface area (Å²) in [5.41, 5.74) is 0.103. The SMILES string of the molecule is O=C(O)c1cccc(NC2CCCCCCC2)n1. The summed E-state index contributed by atoms with van der Waals surface area (Å²) < 4.78 is 0. The Balaban J connectivity index is 1.98. The van der Waals surface area contributed by atoms with Crippen LogP contribution in [0, 0.1) is 0 Å². The van der Waals surface area contributed by atoms with Crippen molar-refractivity contribution < 1.29 is 9.90 Å². The molecule has 1 fully saturated rings. The lowest BCUT2D eigenvalue weighted by molar-refractivity contribution is 0.0690. The number of hydrogen-bond acceptors (Lipinski definition) is 3. The zero-order chi connectivity index (χ0) is 12.8. The van der Waals surface area contributed by atoms with E-state index in [2.05, 4.69) is 10.3 Å². The van der Waals surface area contributed by atoms with Gasteiger partial charge in [0.2, 0.25) is 0 Å². The van der Waals surface area contributed by atoms with Gasteiger partial charge in [-0.3, -0.25) is 0 Å². The van der Waals surface area contributed by atoms with Crippen molar-refractivity contribution in [1.29, 1.82) is 0 Å². The van der Waals surface area contributed by atoms with Crippen LogP contribution in [-0.4, -0.2) is 22.1 Å². The molecule has 4 nitrogen and oxygen atoms in total. The lowest BCUT2D eigenvalue weighted by Crippen LogP contribution is -2.21. The maximum absolute atomic E-state index is 10.9. The zero-order valence-corrected chi connectivity index (χ0v) is 10.6. The fraction of sp³-hybridized carbons (Fsp3) is 0.571. The fourth-order valence-electron chi connectivity index (χ4n) is 2.44. The van der Waals surface area contributed by atoms with E-state index in [9.17, 15) is 4.79 Å². The van der Waals surface area contributed by atoms with Crippen molar-refractivity contribution in [1.82, 2.24) is 4.98 Å². The Hall–Kier alpha value is -1.58. The molecule has 1 heterocycles. The topological polar surface area (TPSA) is 62.2 Å². The Morgan fingerprint density at radius 2 is 1.83 bits per heavy atom. The summed E-state index contributed by atoms with van der Waals surface area (Å²) in [6.45, 7) is 0. The van der Waals surface area contributed by atoms with Gasteiger partial charge in [0.15, 0.2) is 5.69 Å². The average Bonchev–Trinajstić information content (AvgIpc) is 2.33. The second-order valence-corrected chi connectivity index (χ2v) is 4.90. The molecule has 0 spiro atoms. The van der Waals surface area contributed by atoms with Crippen LogP contribution in [0.2, 0.25) is 0 Å². The van der Waals surface area contributed by atoms with Gasteiger partial charge in [-0.1, -0.05) is 38.2 Å². The predicted molar refractivity (Wildman–Crippen MR) is 70.9 cm³/mol. The molecule has 98 valence electrons. The Morgan fingerprint density at radius 1 is 1.17 bits per heavy atom. The van der Waals surface area contributed by atoms with Crippen molar-refractivity contribution in [2.24, 2.45) is 0 Å². The van der Waals surface area contributed by atoms with Gasteiger partial charge in [0.1, 0.15) is 5.82 Å². The van der Waals surface area contributed by atoms with Crippen LogP contribution in [-0.2, 0) is 0 Å². The highest BCUT2D eigenvalue weighted by atomic mass is 16.4. The molecule has 1 aromatic heterocycles. The van der Waals surface area contributed by atoms with Crippen molar-refractivity contribution in [3.8, 4) is 0 Å². The van der Waals surface area contributed by atoms with Gasteiger partial charge in [0.05, 0.1) is 0 Å². The Bertz CT molecular complexity index is 399. The Labute approximate surface area is 107 Å². The molecule has 0 bridgehead atoms. The van der Waals surface area contributed by atoms with E-state index in [0.717, 1.165) is 12.8 Å². The van der Waals surface area contributed by atoms with Crippen LogP contribution in [0.25, 0.3) is 0 Å². The minimum atomic E-state index is -0.976. The number of nitrogens with one attached hydrogen (secondary N) is 1. The number of aromatic carboxylic acids is 1. The van der Waals surface area contributed by atoms with E-state index in [-0.39, 0.29) is 5.69 Å². The number of hydrogen-bond donors (Lipinski definition) is 2. The average molecular weight is 248 g/mol. The van der Waals surface area contributed by atoms with Crippen molar-refractivity contribution in [2.75, 3.05) is 5.32 Å². The summed E-state index contributed by atoms with van der Waals surface area (Å²) in [5.74, 6) is -0.295. The highest BCUT2D eigenvalue weighted by molar-refractivity contribution is 5.85. The largest absolute Gasteiger partial charge is 0.477 e. The molecule has 2 rings (SSSR count). The van der Waals surface area contributed by atoms with Crippen molar-refractivity contribution in [3.05, 3.63) is 23.9 Å². The first kappa shape index (κ1) is 12.9. The number of carboxylic acids is 1. The number of aromatic nitrogens is 1. The van der Waals surface area contributed by atoms with Crippen LogP contribution in [0.15, 0.2) is 18.2 Å². The van der Waals surface area contributed by atoms with Gasteiger partial charge >= 0.3 is 5.97 Å². The minimum absolute atomic E-state index is 0.103. The molecular weight excluding hydrogens is 228 g/mol. The molecule has 4 heteroatoms. The molecule has 0 aromatic carbocycles. The van der Waals surface area contributed by atoms with E-state index in [1.807, 2.05) is 6.07 Å². The first-order chi connectivity index (χ1) is 8.75. The van der Waals surface area contributed by atoms with E-state index in [1.54, 1.807) is 6.07 Å². The van der Waals surface area contributed by atoms with Crippen LogP contribution >= 0.6 is 0 Å². The van der Waals surface area contributed by atoms with Crippen LogP contribution < -0.4 is 5.32 Å². The smallest absolute Gasteiger partial charge is 0.354 e. The molecule has 0 saturated heterocycles. The first-order valence-electron chi connectivity index (χ1n) is 6.72. The summed E-state index contributed by atoms with van der Waals surface area (Å²) in [4.78, 5) is 15.0. The highest BCUT2D eigenvalue weighted by Gasteiger charge is 2.12. The molecule has 1 aromatic rings. The van der Waals surface area contributed by atoms with Crippen LogP contribution in [0.5, 0.6) is 0 Å². The monoisotopic (exact) mass is 248 g/mol. The molecule has 0 amide bonds. The maximum Gasteiger partial charge on any atom is 0.354 e. The van der Waals surface area contributed by atoms with E-state index in [1.165, 1.54) is 38.2 Å². The standard InChI is InChI=1S/C14H20N2O2/c17-14(18)12-9-6-10-13(16-12)15-11-7-4-2-1-3-5-8-11/h6,9-11H,1-5,7-8H2,(H,15,16)(H,17,18). The predicted octanol–water partition coefficient (Wildman–Crippen LogP) is 3.30. The van der Waals surface area contributed by atoms with E-state index >= 15 is 0 Å². The van der Waals surface area contributed by atoms with Crippen LogP contribution in [0.4, 0.5) is 5.82 Å². The fourth-order valence-corrected chi connectivity index (χ4v) is 2.44. The summed E-state index contributed by atoms with van der Waals surface area (Å²) in [7, 11) is 0. The summed E-state index contributed by atoms with van der Waals surface area (Å²) in [5, 5.41) is 12.3. The molecule has 0 atom stereocenters. The molecule has 0 unspecified atom stereocenters. The summed E-state index contributed by atoms with van der Waals surface area (Å²) >= 11 is 0. The van der Waals surface area contributed by atoms with E-state index in [0.29, 0.717) is 11.9 Å². The molecule has 1 aliphatic rings. The molecule has 1 saturated carbocycles. The third-order valence-corrected chi connectivity index (χ3v) is 3.43. The van der Waals surface area contributed by atoms with Gasteiger partial charge in [-0.2, -0.15) is 0 Å². The van der Waals surface area contributed by atoms with Crippen LogP contribution in [0.3, 0.4) is 0 Å². The first-order valence-corrected chi connectivity index (χ1v) is 6.72. The van der Waals surface area contributed by atoms with Gasteiger partial charge in [0.25, 0.3) is 0 Å². The number of anilines is 1. The number of pyridine rings is 1. The second-order valence-electron chi connectivity index (χ2n) is 4.90. The molecule has 0 aliphatic heterocycles. The summed E-state index contributed by atoms with van der Waals surface area (Å²) in [6.07, 6.45) is 8.76. The van der Waals surface area contributed by atoms with Crippen molar-refractivity contribution in [3.63, 3.8) is 0 Å². The molecular formula is C14H20N2O2. The Morgan fingerprint density at radius 3 is 2.50 bits per heavy atom. The second kappa shape index (κ2) is 6.38. The molecule has 18 heavy (non-hydrogen) atoms. The zero-order valence-electron chi connectivity index (χ0n) is 10.6. The van der Waals surface area contributed by atoms with Gasteiger partial charge in [0, 0.05) is 6.04 Å². The van der Waals surface area contributed by atoms with Crippen molar-refractivity contribution >= 4 is 11.8 Å². The normalized spacial score (nSPS) is 17.8. The molecule has 2 N–H and O–H groups in total. The minimum Gasteiger partial charge on any atom is -0.477 e. The number of carboxylic acid groups (broad SMARTS) is 1. The highest BCUT2D eigenvalue weighted by Crippen LogP contribution is 2.20. The lowest BCUT2D eigenvalue weighted by atomic mass is 9.97. The summed E-state index contributed by atoms with van der Waals surface area (Å²) in [6, 6.07) is 5.53. The van der Waals surface area contributed by atoms with Crippen molar-refractivity contribution in [2.45, 2.75) is 51.0 Å². The molecule has 0 radical (unpaired) electrons. The molecule has 1 aliphatic carbocycles. The van der Waals surface area contributed by atoms with Gasteiger partial charge in [-0.15, -0.1) is 0 Å². The van der Waals surface area contributed by atoms with Gasteiger partial charge < -0.3 is 10.4 Å². The van der Waals surface area contributed by atoms with Gasteiger partial charge in [-0.25, -0.2) is 9.78 Å². The number of carbonyl (C=O) groups is 1. The lowest BCUT2D eigenvalue weighted by Gasteiger charge is -2.21. The van der Waals surface area contributed by atoms with Crippen LogP contribution in [0.1, 0.15) is 55.4 Å². The number of rotatable bonds is 3. The third-order valence-electron chi connectivity index (χ3n) is 3.43. The van der Waals surface area contributed by atoms with E-state index < -0.39 is 5.97 Å². The number of nitrogens with zero attached hydrogens (tertiary/aromatic N) is 1.